The number of nitrogens with one attached hydrogen (secondary N) is 1. The van der Waals surface area contributed by atoms with Crippen LogP contribution in [0, 0.1) is 0 Å². The second-order valence-corrected chi connectivity index (χ2v) is 9.72. The highest BCUT2D eigenvalue weighted by Crippen LogP contribution is 2.51. The van der Waals surface area contributed by atoms with Crippen LogP contribution in [-0.2, 0) is 5.41 Å². The normalized spacial score (nSPS) is 17.2. The largest absolute Gasteiger partial charge is 0.478 e. The first kappa shape index (κ1) is 18.5. The zero-order valence-corrected chi connectivity index (χ0v) is 16.2. The highest BCUT2D eigenvalue weighted by Gasteiger charge is 2.38. The molecule has 0 aromatic heterocycles. The minimum atomic E-state index is -1.01. The van der Waals surface area contributed by atoms with E-state index in [4.69, 9.17) is 5.11 Å². The quantitative estimate of drug-likeness (QED) is 0.781. The molecule has 0 saturated heterocycles. The number of amides is 1. The molecule has 0 bridgehead atoms. The average Bonchev–Trinajstić information content (AvgIpc) is 2.54. The number of carbonyl (C=O) groups is 2. The van der Waals surface area contributed by atoms with Crippen molar-refractivity contribution in [1.29, 1.82) is 0 Å². The summed E-state index contributed by atoms with van der Waals surface area (Å²) in [4.78, 5) is 24.6. The number of anilines is 1. The first-order chi connectivity index (χ1) is 12.1. The number of carbonyl (C=O) groups excluding carboxylic acids is 1. The molecular weight excluding hydrogens is 346 g/mol. The van der Waals surface area contributed by atoms with E-state index in [2.05, 4.69) is 45.1 Å². The Hall–Kier alpha value is -2.27. The van der Waals surface area contributed by atoms with E-state index in [-0.39, 0.29) is 21.6 Å². The topological polar surface area (TPSA) is 66.4 Å². The maximum atomic E-state index is 12.5. The summed E-state index contributed by atoms with van der Waals surface area (Å²) >= 11 is 1.88. The number of benzene rings is 2. The van der Waals surface area contributed by atoms with Crippen molar-refractivity contribution in [3.63, 3.8) is 0 Å². The van der Waals surface area contributed by atoms with Gasteiger partial charge in [0.05, 0.1) is 5.56 Å². The minimum absolute atomic E-state index is 0.0357. The lowest BCUT2D eigenvalue weighted by Crippen LogP contribution is -2.33. The van der Waals surface area contributed by atoms with Crippen molar-refractivity contribution in [2.45, 2.75) is 49.2 Å². The summed E-state index contributed by atoms with van der Waals surface area (Å²) in [5, 5.41) is 11.9. The molecule has 0 aliphatic carbocycles. The molecular formula is C21H23NO3S. The number of hydrogen-bond donors (Lipinski definition) is 2. The Morgan fingerprint density at radius 3 is 2.23 bits per heavy atom. The van der Waals surface area contributed by atoms with Crippen molar-refractivity contribution < 1.29 is 14.7 Å². The number of carboxylic acids is 1. The molecule has 1 aliphatic heterocycles. The van der Waals surface area contributed by atoms with Gasteiger partial charge in [0.1, 0.15) is 0 Å². The van der Waals surface area contributed by atoms with Gasteiger partial charge in [-0.1, -0.05) is 27.7 Å². The summed E-state index contributed by atoms with van der Waals surface area (Å²) in [7, 11) is 0. The molecule has 1 amide bonds. The van der Waals surface area contributed by atoms with Gasteiger partial charge in [-0.3, -0.25) is 4.79 Å². The second kappa shape index (κ2) is 6.47. The zero-order valence-electron chi connectivity index (χ0n) is 15.4. The summed E-state index contributed by atoms with van der Waals surface area (Å²) in [6.07, 6.45) is 1.06. The van der Waals surface area contributed by atoms with Gasteiger partial charge in [0.15, 0.2) is 0 Å². The van der Waals surface area contributed by atoms with Crippen LogP contribution >= 0.6 is 11.8 Å². The molecule has 0 spiro atoms. The lowest BCUT2D eigenvalue weighted by atomic mass is 9.77. The van der Waals surface area contributed by atoms with E-state index in [1.165, 1.54) is 34.7 Å². The van der Waals surface area contributed by atoms with Crippen LogP contribution in [0.2, 0.25) is 0 Å². The van der Waals surface area contributed by atoms with E-state index < -0.39 is 5.97 Å². The van der Waals surface area contributed by atoms with Crippen LogP contribution in [0.25, 0.3) is 0 Å². The van der Waals surface area contributed by atoms with Crippen molar-refractivity contribution in [2.24, 2.45) is 0 Å². The Morgan fingerprint density at radius 1 is 1.00 bits per heavy atom. The molecule has 26 heavy (non-hydrogen) atoms. The van der Waals surface area contributed by atoms with Crippen LogP contribution in [0.5, 0.6) is 0 Å². The van der Waals surface area contributed by atoms with Crippen molar-refractivity contribution in [1.82, 2.24) is 0 Å². The molecule has 4 nitrogen and oxygen atoms in total. The molecule has 5 heteroatoms. The standard InChI is InChI=1S/C21H23NO3S/c1-20(2)12-21(3,4)26-17-10-9-15(11-16(17)20)22-18(23)13-5-7-14(8-6-13)19(24)25/h5-11H,12H2,1-4H3,(H,22,23)(H,24,25). The van der Waals surface area contributed by atoms with Crippen molar-refractivity contribution in [3.8, 4) is 0 Å². The molecule has 0 radical (unpaired) electrons. The molecule has 2 aromatic carbocycles. The maximum Gasteiger partial charge on any atom is 0.335 e. The zero-order chi connectivity index (χ0) is 19.1. The van der Waals surface area contributed by atoms with Gasteiger partial charge in [-0.05, 0) is 59.9 Å². The van der Waals surface area contributed by atoms with E-state index in [0.717, 1.165) is 12.1 Å². The summed E-state index contributed by atoms with van der Waals surface area (Å²) < 4.78 is 0.188. The first-order valence-electron chi connectivity index (χ1n) is 8.56. The highest BCUT2D eigenvalue weighted by atomic mass is 32.2. The third-order valence-corrected chi connectivity index (χ3v) is 5.89. The Bertz CT molecular complexity index is 869. The summed E-state index contributed by atoms with van der Waals surface area (Å²) in [6.45, 7) is 9.00. The molecule has 0 unspecified atom stereocenters. The van der Waals surface area contributed by atoms with Crippen LogP contribution < -0.4 is 5.32 Å². The molecule has 0 atom stereocenters. The third-order valence-electron chi connectivity index (χ3n) is 4.61. The van der Waals surface area contributed by atoms with Gasteiger partial charge < -0.3 is 10.4 Å². The van der Waals surface area contributed by atoms with Gasteiger partial charge >= 0.3 is 5.97 Å². The maximum absolute atomic E-state index is 12.5. The Balaban J connectivity index is 1.83. The Morgan fingerprint density at radius 2 is 1.62 bits per heavy atom. The smallest absolute Gasteiger partial charge is 0.335 e. The fourth-order valence-corrected chi connectivity index (χ4v) is 5.30. The van der Waals surface area contributed by atoms with Crippen molar-refractivity contribution in [2.75, 3.05) is 5.32 Å². The van der Waals surface area contributed by atoms with Crippen LogP contribution in [0.15, 0.2) is 47.4 Å². The average molecular weight is 369 g/mol. The van der Waals surface area contributed by atoms with Gasteiger partial charge in [0.2, 0.25) is 0 Å². The summed E-state index contributed by atoms with van der Waals surface area (Å²) in [5.74, 6) is -1.25. The molecule has 2 aromatic rings. The van der Waals surface area contributed by atoms with Crippen molar-refractivity contribution in [3.05, 3.63) is 59.2 Å². The SMILES string of the molecule is CC1(C)CC(C)(C)c2cc(NC(=O)c3ccc(C(=O)O)cc3)ccc2S1. The molecule has 0 saturated carbocycles. The molecule has 0 fully saturated rings. The fraction of sp³-hybridized carbons (Fsp3) is 0.333. The van der Waals surface area contributed by atoms with Crippen LogP contribution in [0.4, 0.5) is 5.69 Å². The highest BCUT2D eigenvalue weighted by molar-refractivity contribution is 8.00. The van der Waals surface area contributed by atoms with Gasteiger partial charge in [-0.25, -0.2) is 4.79 Å². The molecule has 2 N–H and O–H groups in total. The molecule has 3 rings (SSSR count). The predicted molar refractivity (Wildman–Crippen MR) is 105 cm³/mol. The third kappa shape index (κ3) is 3.78. The van der Waals surface area contributed by atoms with E-state index in [1.807, 2.05) is 17.8 Å². The van der Waals surface area contributed by atoms with Gasteiger partial charge in [0.25, 0.3) is 5.91 Å². The molecule has 1 heterocycles. The first-order valence-corrected chi connectivity index (χ1v) is 9.37. The van der Waals surface area contributed by atoms with Crippen LogP contribution in [0.1, 0.15) is 60.4 Å². The van der Waals surface area contributed by atoms with E-state index in [0.29, 0.717) is 5.56 Å². The van der Waals surface area contributed by atoms with Gasteiger partial charge in [0, 0.05) is 20.9 Å². The van der Waals surface area contributed by atoms with Crippen LogP contribution in [0.3, 0.4) is 0 Å². The van der Waals surface area contributed by atoms with Crippen LogP contribution in [-0.4, -0.2) is 21.7 Å². The molecule has 1 aliphatic rings. The lowest BCUT2D eigenvalue weighted by Gasteiger charge is -2.41. The fourth-order valence-electron chi connectivity index (χ4n) is 3.69. The van der Waals surface area contributed by atoms with E-state index in [9.17, 15) is 9.59 Å². The van der Waals surface area contributed by atoms with Gasteiger partial charge in [-0.2, -0.15) is 0 Å². The number of aromatic carboxylic acids is 1. The van der Waals surface area contributed by atoms with E-state index >= 15 is 0 Å². The summed E-state index contributed by atoms with van der Waals surface area (Å²) in [6, 6.07) is 12.0. The number of rotatable bonds is 3. The lowest BCUT2D eigenvalue weighted by molar-refractivity contribution is 0.0696. The van der Waals surface area contributed by atoms with Gasteiger partial charge in [-0.15, -0.1) is 11.8 Å². The predicted octanol–water partition coefficient (Wildman–Crippen LogP) is 5.19. The minimum Gasteiger partial charge on any atom is -0.478 e. The monoisotopic (exact) mass is 369 g/mol. The molecule has 136 valence electrons. The van der Waals surface area contributed by atoms with Crippen molar-refractivity contribution >= 4 is 29.3 Å². The number of hydrogen-bond acceptors (Lipinski definition) is 3. The number of fused-ring (bicyclic) bond motifs is 1. The number of thioether (sulfide) groups is 1. The summed E-state index contributed by atoms with van der Waals surface area (Å²) in [5.41, 5.74) is 2.64. The Kier molecular flexibility index (Phi) is 4.61. The number of carboxylic acid groups (broad SMARTS) is 1. The van der Waals surface area contributed by atoms with E-state index in [1.54, 1.807) is 0 Å². The second-order valence-electron chi connectivity index (χ2n) is 7.97. The Labute approximate surface area is 158 Å².